The second-order valence-corrected chi connectivity index (χ2v) is 11.3. The van der Waals surface area contributed by atoms with E-state index in [1.54, 1.807) is 52.0 Å². The van der Waals surface area contributed by atoms with Gasteiger partial charge in [-0.15, -0.1) is 5.10 Å². The summed E-state index contributed by atoms with van der Waals surface area (Å²) in [5, 5.41) is 32.6. The first-order valence-electron chi connectivity index (χ1n) is 15.2. The number of unbranched alkanes of at least 4 members (excludes halogenated alkanes) is 3. The second kappa shape index (κ2) is 15.7. The maximum Gasteiger partial charge on any atom is 0.337 e. The number of non-ortho nitro benzene ring substituents is 2. The van der Waals surface area contributed by atoms with E-state index in [0.717, 1.165) is 19.3 Å². The maximum absolute atomic E-state index is 13.5. The zero-order valence-electron chi connectivity index (χ0n) is 26.6. The average Bonchev–Trinajstić information content (AvgIpc) is 3.50. The van der Waals surface area contributed by atoms with Crippen LogP contribution in [0.25, 0.3) is 11.3 Å². The van der Waals surface area contributed by atoms with Crippen LogP contribution in [0.15, 0.2) is 77.1 Å². The van der Waals surface area contributed by atoms with Crippen LogP contribution in [-0.4, -0.2) is 51.3 Å². The number of allylic oxidation sites excluding steroid dienone is 2. The van der Waals surface area contributed by atoms with Crippen molar-refractivity contribution < 1.29 is 33.6 Å². The molecule has 1 aliphatic rings. The van der Waals surface area contributed by atoms with Gasteiger partial charge in [-0.25, -0.2) is 9.59 Å². The Morgan fingerprint density at radius 1 is 0.851 bits per heavy atom. The lowest BCUT2D eigenvalue weighted by Crippen LogP contribution is -2.33. The van der Waals surface area contributed by atoms with Gasteiger partial charge in [0.15, 0.2) is 0 Å². The summed E-state index contributed by atoms with van der Waals surface area (Å²) in [6.45, 7) is 7.36. The van der Waals surface area contributed by atoms with Crippen molar-refractivity contribution in [1.29, 1.82) is 0 Å². The Morgan fingerprint density at radius 3 is 2.13 bits per heavy atom. The molecule has 2 heterocycles. The van der Waals surface area contributed by atoms with E-state index in [9.17, 15) is 29.8 Å². The average molecular weight is 648 g/mol. The summed E-state index contributed by atoms with van der Waals surface area (Å²) in [7, 11) is 0. The fourth-order valence-corrected chi connectivity index (χ4v) is 5.25. The largest absolute Gasteiger partial charge is 0.477 e. The quantitative estimate of drug-likeness (QED) is 0.0819. The highest BCUT2D eigenvalue weighted by Gasteiger charge is 2.38. The van der Waals surface area contributed by atoms with Crippen molar-refractivity contribution in [2.45, 2.75) is 65.4 Å². The Kier molecular flexibility index (Phi) is 11.4. The molecule has 47 heavy (non-hydrogen) atoms. The summed E-state index contributed by atoms with van der Waals surface area (Å²) in [4.78, 5) is 48.2. The van der Waals surface area contributed by atoms with Gasteiger partial charge in [-0.3, -0.25) is 25.3 Å². The third kappa shape index (κ3) is 8.81. The third-order valence-corrected chi connectivity index (χ3v) is 7.40. The minimum atomic E-state index is -0.924. The van der Waals surface area contributed by atoms with Gasteiger partial charge in [0, 0.05) is 47.3 Å². The minimum absolute atomic E-state index is 0.0159. The molecule has 2 N–H and O–H groups in total. The predicted molar refractivity (Wildman–Crippen MR) is 171 cm³/mol. The van der Waals surface area contributed by atoms with E-state index in [-0.39, 0.29) is 29.1 Å². The SMILES string of the molecule is CC1=C(C(=O)OCCCCCCOc2cc(-c3cccc([N+](=O)[O-])c3)[nH]n2)C(c2cccc([N+](=O)[O-])c2)C(C(=O)OC(C)C)=C(C)N1. The number of benzene rings is 2. The fraction of sp³-hybridized carbons (Fsp3) is 0.364. The van der Waals surface area contributed by atoms with Crippen LogP contribution in [0.5, 0.6) is 5.88 Å². The molecule has 3 aromatic rings. The van der Waals surface area contributed by atoms with E-state index >= 15 is 0 Å². The number of rotatable bonds is 15. The number of nitrogens with zero attached hydrogens (tertiary/aromatic N) is 3. The van der Waals surface area contributed by atoms with Crippen LogP contribution in [-0.2, 0) is 19.1 Å². The molecule has 14 nitrogen and oxygen atoms in total. The number of nitro groups is 2. The Bertz CT molecular complexity index is 1710. The Morgan fingerprint density at radius 2 is 1.47 bits per heavy atom. The number of hydrogen-bond donors (Lipinski definition) is 2. The van der Waals surface area contributed by atoms with Crippen LogP contribution < -0.4 is 10.1 Å². The number of carbonyl (C=O) groups excluding carboxylic acids is 2. The van der Waals surface area contributed by atoms with Crippen LogP contribution >= 0.6 is 0 Å². The smallest absolute Gasteiger partial charge is 0.337 e. The van der Waals surface area contributed by atoms with Crippen LogP contribution in [0.3, 0.4) is 0 Å². The molecule has 0 saturated heterocycles. The van der Waals surface area contributed by atoms with Gasteiger partial charge in [-0.2, -0.15) is 0 Å². The molecule has 4 rings (SSSR count). The molecule has 0 spiro atoms. The monoisotopic (exact) mass is 647 g/mol. The van der Waals surface area contributed by atoms with Gasteiger partial charge < -0.3 is 19.5 Å². The molecule has 2 aromatic carbocycles. The van der Waals surface area contributed by atoms with Crippen LogP contribution in [0.2, 0.25) is 0 Å². The third-order valence-electron chi connectivity index (χ3n) is 7.40. The number of nitrogens with one attached hydrogen (secondary N) is 2. The van der Waals surface area contributed by atoms with Crippen molar-refractivity contribution in [3.8, 4) is 17.1 Å². The van der Waals surface area contributed by atoms with E-state index in [1.807, 2.05) is 0 Å². The Hall–Kier alpha value is -5.53. The Labute approximate surface area is 271 Å². The number of H-pyrrole nitrogens is 1. The van der Waals surface area contributed by atoms with Crippen LogP contribution in [0, 0.1) is 20.2 Å². The van der Waals surface area contributed by atoms with Gasteiger partial charge >= 0.3 is 11.9 Å². The van der Waals surface area contributed by atoms with E-state index < -0.39 is 33.8 Å². The molecule has 0 fully saturated rings. The molecule has 1 aliphatic heterocycles. The molecule has 0 bridgehead atoms. The standard InChI is InChI=1S/C33H37N5O9/c1-20(2)47-33(40)30-22(4)34-21(3)29(31(30)24-12-10-14-26(18-24)38(43)44)32(39)46-16-8-6-5-7-15-45-28-19-27(35-36-28)23-11-9-13-25(17-23)37(41)42/h9-14,17-20,31,34H,5-8,15-16H2,1-4H3,(H,35,36). The number of dihydropyridines is 1. The first-order valence-corrected chi connectivity index (χ1v) is 15.2. The molecule has 1 unspecified atom stereocenters. The first kappa shape index (κ1) is 34.3. The number of hydrogen-bond acceptors (Lipinski definition) is 11. The lowest BCUT2D eigenvalue weighted by atomic mass is 9.80. The molecule has 14 heteroatoms. The summed E-state index contributed by atoms with van der Waals surface area (Å²) >= 11 is 0. The molecule has 0 amide bonds. The van der Waals surface area contributed by atoms with Gasteiger partial charge in [0.05, 0.1) is 51.9 Å². The van der Waals surface area contributed by atoms with Gasteiger partial charge in [-0.05, 0) is 58.9 Å². The lowest BCUT2D eigenvalue weighted by Gasteiger charge is -2.30. The number of ether oxygens (including phenoxy) is 3. The van der Waals surface area contributed by atoms with Crippen molar-refractivity contribution in [2.75, 3.05) is 13.2 Å². The zero-order chi connectivity index (χ0) is 34.1. The van der Waals surface area contributed by atoms with E-state index in [1.165, 1.54) is 30.3 Å². The van der Waals surface area contributed by atoms with Gasteiger partial charge in [-0.1, -0.05) is 24.3 Å². The van der Waals surface area contributed by atoms with E-state index in [0.29, 0.717) is 47.1 Å². The first-order chi connectivity index (χ1) is 22.5. The summed E-state index contributed by atoms with van der Waals surface area (Å²) < 4.78 is 16.8. The van der Waals surface area contributed by atoms with E-state index in [4.69, 9.17) is 14.2 Å². The van der Waals surface area contributed by atoms with Crippen molar-refractivity contribution in [2.24, 2.45) is 0 Å². The lowest BCUT2D eigenvalue weighted by molar-refractivity contribution is -0.385. The highest BCUT2D eigenvalue weighted by Crippen LogP contribution is 2.40. The fourth-order valence-electron chi connectivity index (χ4n) is 5.25. The molecule has 248 valence electrons. The molecular formula is C33H37N5O9. The molecular weight excluding hydrogens is 610 g/mol. The number of carbonyl (C=O) groups is 2. The molecule has 0 aliphatic carbocycles. The van der Waals surface area contributed by atoms with E-state index in [2.05, 4.69) is 15.5 Å². The molecule has 1 atom stereocenters. The zero-order valence-corrected chi connectivity index (χ0v) is 26.6. The predicted octanol–water partition coefficient (Wildman–Crippen LogP) is 6.26. The van der Waals surface area contributed by atoms with Crippen molar-refractivity contribution in [3.05, 3.63) is 103 Å². The second-order valence-electron chi connectivity index (χ2n) is 11.3. The van der Waals surface area contributed by atoms with Crippen LogP contribution in [0.1, 0.15) is 64.9 Å². The van der Waals surface area contributed by atoms with Crippen molar-refractivity contribution >= 4 is 23.3 Å². The van der Waals surface area contributed by atoms with Crippen molar-refractivity contribution in [3.63, 3.8) is 0 Å². The van der Waals surface area contributed by atoms with Crippen LogP contribution in [0.4, 0.5) is 11.4 Å². The van der Waals surface area contributed by atoms with Gasteiger partial charge in [0.2, 0.25) is 5.88 Å². The molecule has 0 radical (unpaired) electrons. The normalized spacial score (nSPS) is 14.5. The van der Waals surface area contributed by atoms with Gasteiger partial charge in [0.25, 0.3) is 11.4 Å². The molecule has 1 aromatic heterocycles. The number of aromatic amines is 1. The minimum Gasteiger partial charge on any atom is -0.477 e. The topological polar surface area (TPSA) is 189 Å². The number of esters is 2. The van der Waals surface area contributed by atoms with Crippen molar-refractivity contribution in [1.82, 2.24) is 15.5 Å². The maximum atomic E-state index is 13.5. The highest BCUT2D eigenvalue weighted by molar-refractivity contribution is 6.00. The number of nitro benzene ring substituents is 2. The molecule has 0 saturated carbocycles. The summed E-state index contributed by atoms with van der Waals surface area (Å²) in [6.07, 6.45) is 2.45. The summed E-state index contributed by atoms with van der Waals surface area (Å²) in [5.74, 6) is -1.80. The Balaban J connectivity index is 1.31. The summed E-state index contributed by atoms with van der Waals surface area (Å²) in [5.41, 5.74) is 2.78. The number of aromatic nitrogens is 2. The summed E-state index contributed by atoms with van der Waals surface area (Å²) in [6, 6.07) is 13.8. The van der Waals surface area contributed by atoms with Gasteiger partial charge in [0.1, 0.15) is 0 Å². The highest BCUT2D eigenvalue weighted by atomic mass is 16.6.